The zero-order chi connectivity index (χ0) is 23.6. The highest BCUT2D eigenvalue weighted by Crippen LogP contribution is 2.70. The van der Waals surface area contributed by atoms with Gasteiger partial charge in [0.05, 0.1) is 24.5 Å². The molecule has 178 valence electrons. The molecule has 0 bridgehead atoms. The highest BCUT2D eigenvalue weighted by Gasteiger charge is 2.57. The topological polar surface area (TPSA) is 39.8 Å². The van der Waals surface area contributed by atoms with Crippen molar-refractivity contribution in [3.8, 4) is 0 Å². The molecule has 0 saturated carbocycles. The van der Waals surface area contributed by atoms with E-state index >= 15 is 0 Å². The minimum Gasteiger partial charge on any atom is -0.360 e. The summed E-state index contributed by atoms with van der Waals surface area (Å²) < 4.78 is 12.0. The van der Waals surface area contributed by atoms with Crippen LogP contribution in [-0.2, 0) is 4.52 Å². The molecule has 0 amide bonds. The molecule has 0 radical (unpaired) electrons. The number of nitrogens with one attached hydrogen (secondary N) is 2. The number of para-hydroxylation sites is 3. The van der Waals surface area contributed by atoms with Gasteiger partial charge in [0, 0.05) is 12.2 Å². The summed E-state index contributed by atoms with van der Waals surface area (Å²) in [4.78, 5) is 0. The molecule has 1 aliphatic heterocycles. The molecule has 3 aromatic carbocycles. The lowest BCUT2D eigenvalue weighted by Crippen LogP contribution is -2.34. The lowest BCUT2D eigenvalue weighted by atomic mass is 10.3. The van der Waals surface area contributed by atoms with Crippen molar-refractivity contribution in [2.24, 2.45) is 0 Å². The molecule has 2 N–H and O–H groups in total. The Morgan fingerprint density at radius 1 is 0.853 bits per heavy atom. The van der Waals surface area contributed by atoms with Crippen LogP contribution in [-0.4, -0.2) is 37.5 Å². The molecular formula is C27H34N4OPS+. The van der Waals surface area contributed by atoms with Crippen molar-refractivity contribution in [2.75, 3.05) is 47.1 Å². The maximum atomic E-state index is 6.94. The van der Waals surface area contributed by atoms with E-state index in [0.29, 0.717) is 18.3 Å². The van der Waals surface area contributed by atoms with Gasteiger partial charge in [-0.3, -0.25) is 0 Å². The van der Waals surface area contributed by atoms with Gasteiger partial charge in [0.15, 0.2) is 5.11 Å². The van der Waals surface area contributed by atoms with Crippen LogP contribution in [0.4, 0.5) is 17.1 Å². The lowest BCUT2D eigenvalue weighted by Gasteiger charge is -2.35. The number of nitrogens with zero attached hydrogens (tertiary/aromatic N) is 2. The second kappa shape index (κ2) is 12.2. The minimum absolute atomic E-state index is 0.584. The molecule has 1 fully saturated rings. The van der Waals surface area contributed by atoms with Crippen molar-refractivity contribution in [2.45, 2.75) is 19.8 Å². The van der Waals surface area contributed by atoms with Crippen LogP contribution in [0.5, 0.6) is 0 Å². The summed E-state index contributed by atoms with van der Waals surface area (Å²) in [5.74, 6) is 0. The fourth-order valence-electron chi connectivity index (χ4n) is 4.31. The average molecular weight is 494 g/mol. The largest absolute Gasteiger partial charge is 0.360 e. The number of rotatable bonds is 10. The van der Waals surface area contributed by atoms with E-state index in [9.17, 15) is 0 Å². The molecule has 34 heavy (non-hydrogen) atoms. The van der Waals surface area contributed by atoms with Crippen LogP contribution in [0.25, 0.3) is 0 Å². The van der Waals surface area contributed by atoms with Gasteiger partial charge in [-0.25, -0.2) is 9.34 Å². The first-order valence-electron chi connectivity index (χ1n) is 12.0. The van der Waals surface area contributed by atoms with E-state index < -0.39 is 7.79 Å². The van der Waals surface area contributed by atoms with Gasteiger partial charge in [0.2, 0.25) is 0 Å². The van der Waals surface area contributed by atoms with Crippen LogP contribution < -0.4 is 20.0 Å². The highest BCUT2D eigenvalue weighted by atomic mass is 32.1. The van der Waals surface area contributed by atoms with Gasteiger partial charge in [-0.1, -0.05) is 67.9 Å². The molecule has 1 heterocycles. The molecule has 0 aromatic heterocycles. The van der Waals surface area contributed by atoms with E-state index in [4.69, 9.17) is 16.7 Å². The molecule has 1 saturated heterocycles. The Morgan fingerprint density at radius 2 is 1.38 bits per heavy atom. The Morgan fingerprint density at radius 3 is 1.91 bits per heavy atom. The first kappa shape index (κ1) is 24.5. The standard InChI is InChI=1S/C27H33N4OPS/c1-2-3-23-33(32-22-19-28-27(34)29-24-13-7-4-8-14-24)30(25-15-9-5-10-16-25)20-21-31(33)26-17-11-6-12-18-26/h4-18H,2-3,19-23H2,1H3,(H-,28,29,34)/p+1. The summed E-state index contributed by atoms with van der Waals surface area (Å²) >= 11 is 5.49. The molecule has 3 aromatic rings. The molecule has 0 aliphatic carbocycles. The van der Waals surface area contributed by atoms with Gasteiger partial charge in [-0.15, -0.1) is 0 Å². The van der Waals surface area contributed by atoms with Crippen LogP contribution >= 0.6 is 20.0 Å². The van der Waals surface area contributed by atoms with Gasteiger partial charge >= 0.3 is 7.79 Å². The number of unbranched alkanes of at least 4 members (excludes halogenated alkanes) is 1. The number of anilines is 3. The molecule has 5 nitrogen and oxygen atoms in total. The molecule has 7 heteroatoms. The molecule has 0 unspecified atom stereocenters. The first-order valence-corrected chi connectivity index (χ1v) is 14.2. The second-order valence-electron chi connectivity index (χ2n) is 8.24. The third-order valence-corrected chi connectivity index (χ3v) is 10.0. The third kappa shape index (κ3) is 5.87. The summed E-state index contributed by atoms with van der Waals surface area (Å²) in [5, 5.41) is 7.16. The van der Waals surface area contributed by atoms with Crippen LogP contribution in [0.15, 0.2) is 91.0 Å². The summed E-state index contributed by atoms with van der Waals surface area (Å²) in [5.41, 5.74) is 3.45. The quantitative estimate of drug-likeness (QED) is 0.189. The maximum absolute atomic E-state index is 6.94. The summed E-state index contributed by atoms with van der Waals surface area (Å²) in [6.07, 6.45) is 3.29. The van der Waals surface area contributed by atoms with E-state index in [1.165, 1.54) is 11.4 Å². The Labute approximate surface area is 209 Å². The smallest absolute Gasteiger partial charge is 0.333 e. The second-order valence-corrected chi connectivity index (χ2v) is 11.6. The van der Waals surface area contributed by atoms with Crippen molar-refractivity contribution < 1.29 is 4.52 Å². The average Bonchev–Trinajstić information content (AvgIpc) is 3.26. The highest BCUT2D eigenvalue weighted by molar-refractivity contribution is 7.80. The fraction of sp³-hybridized carbons (Fsp3) is 0.296. The Bertz CT molecular complexity index is 975. The summed E-state index contributed by atoms with van der Waals surface area (Å²) in [6.45, 7) is 5.40. The zero-order valence-electron chi connectivity index (χ0n) is 19.8. The number of hydrogen-bond acceptors (Lipinski definition) is 4. The third-order valence-electron chi connectivity index (χ3n) is 5.91. The predicted octanol–water partition coefficient (Wildman–Crippen LogP) is 6.58. The van der Waals surface area contributed by atoms with Gasteiger partial charge < -0.3 is 10.6 Å². The number of benzene rings is 3. The monoisotopic (exact) mass is 493 g/mol. The summed E-state index contributed by atoms with van der Waals surface area (Å²) in [6, 6.07) is 31.4. The van der Waals surface area contributed by atoms with Gasteiger partial charge in [0.1, 0.15) is 12.8 Å². The van der Waals surface area contributed by atoms with Crippen LogP contribution in [0.3, 0.4) is 0 Å². The van der Waals surface area contributed by atoms with Crippen molar-refractivity contribution in [1.29, 1.82) is 0 Å². The van der Waals surface area contributed by atoms with Crippen molar-refractivity contribution in [3.05, 3.63) is 91.0 Å². The molecule has 0 spiro atoms. The zero-order valence-corrected chi connectivity index (χ0v) is 21.5. The first-order chi connectivity index (χ1) is 16.7. The van der Waals surface area contributed by atoms with Crippen LogP contribution in [0, 0.1) is 0 Å². The van der Waals surface area contributed by atoms with Crippen molar-refractivity contribution in [3.63, 3.8) is 0 Å². The number of hydrogen-bond donors (Lipinski definition) is 2. The van der Waals surface area contributed by atoms with Crippen LogP contribution in [0.2, 0.25) is 0 Å². The molecule has 1 aliphatic rings. The molecular weight excluding hydrogens is 459 g/mol. The van der Waals surface area contributed by atoms with Gasteiger partial charge in [-0.05, 0) is 55.0 Å². The van der Waals surface area contributed by atoms with Gasteiger partial charge in [0.25, 0.3) is 0 Å². The molecule has 0 atom stereocenters. The van der Waals surface area contributed by atoms with E-state index in [1.54, 1.807) is 0 Å². The lowest BCUT2D eigenvalue weighted by molar-refractivity contribution is 0.343. The van der Waals surface area contributed by atoms with Crippen molar-refractivity contribution in [1.82, 2.24) is 5.32 Å². The minimum atomic E-state index is -2.09. The predicted molar refractivity (Wildman–Crippen MR) is 151 cm³/mol. The van der Waals surface area contributed by atoms with Crippen LogP contribution in [0.1, 0.15) is 19.8 Å². The van der Waals surface area contributed by atoms with E-state index in [2.05, 4.69) is 87.6 Å². The Balaban J connectivity index is 1.51. The molecule has 4 rings (SSSR count). The Kier molecular flexibility index (Phi) is 8.75. The van der Waals surface area contributed by atoms with Gasteiger partial charge in [-0.2, -0.15) is 4.52 Å². The maximum Gasteiger partial charge on any atom is 0.333 e. The van der Waals surface area contributed by atoms with E-state index in [-0.39, 0.29) is 0 Å². The Hall–Kier alpha value is -2.66. The number of thiocarbonyl (C=S) groups is 1. The van der Waals surface area contributed by atoms with E-state index in [0.717, 1.165) is 37.8 Å². The summed E-state index contributed by atoms with van der Waals surface area (Å²) in [7, 11) is -2.09. The normalized spacial score (nSPS) is 14.7. The van der Waals surface area contributed by atoms with Crippen molar-refractivity contribution >= 4 is 42.2 Å². The van der Waals surface area contributed by atoms with E-state index in [1.807, 2.05) is 30.3 Å². The SMILES string of the molecule is CCCC[P+]1(OCCNC(=S)Nc2ccccc2)N(c2ccccc2)CCN1c1ccccc1. The fourth-order valence-corrected chi connectivity index (χ4v) is 8.59.